The van der Waals surface area contributed by atoms with Crippen LogP contribution in [0.4, 0.5) is 21.0 Å². The number of carbonyl (C=O) groups excluding carboxylic acids is 1. The van der Waals surface area contributed by atoms with Gasteiger partial charge in [0, 0.05) is 49.1 Å². The molecule has 2 amide bonds. The first-order valence-corrected chi connectivity index (χ1v) is 14.1. The lowest BCUT2D eigenvalue weighted by molar-refractivity contribution is 0.122. The topological polar surface area (TPSA) is 117 Å². The number of aromatic nitrogens is 4. The number of ether oxygens (including phenoxy) is 2. The lowest BCUT2D eigenvalue weighted by atomic mass is 9.78. The van der Waals surface area contributed by atoms with E-state index in [2.05, 4.69) is 76.7 Å². The summed E-state index contributed by atoms with van der Waals surface area (Å²) in [6.45, 7) is 11.3. The van der Waals surface area contributed by atoms with Gasteiger partial charge in [0.05, 0.1) is 18.9 Å². The van der Waals surface area contributed by atoms with Gasteiger partial charge in [-0.15, -0.1) is 0 Å². The largest absolute Gasteiger partial charge is 0.439 e. The van der Waals surface area contributed by atoms with Crippen LogP contribution in [0.1, 0.15) is 43.9 Å². The summed E-state index contributed by atoms with van der Waals surface area (Å²) in [6, 6.07) is 13.4. The summed E-state index contributed by atoms with van der Waals surface area (Å²) >= 11 is 0. The molecule has 3 heterocycles. The van der Waals surface area contributed by atoms with Crippen molar-refractivity contribution in [2.24, 2.45) is 0 Å². The highest BCUT2D eigenvalue weighted by Gasteiger charge is 2.23. The standard InChI is InChI=1S/C31H36FN7O3/c1-5-31(3,4)24-16-20(2)6-8-23(24)25-18-27(38-37-25)35-30(40)34-19-21-17-22(32)7-9-26(21)42-28-10-11-33-29(36-28)39-12-14-41-15-13-39/h6-11,16-18H,5,12-15,19H2,1-4H3,(H3,34,35,37,38,40). The average Bonchev–Trinajstić information content (AvgIpc) is 3.46. The Morgan fingerprint density at radius 1 is 1.14 bits per heavy atom. The van der Waals surface area contributed by atoms with Crippen molar-refractivity contribution in [1.29, 1.82) is 0 Å². The SMILES string of the molecule is CCC(C)(C)c1cc(C)ccc1-c1cc(NC(=O)NCc2cc(F)ccc2Oc2ccnc(N3CCOCC3)n2)n[nH]1. The van der Waals surface area contributed by atoms with Crippen LogP contribution in [0, 0.1) is 12.7 Å². The minimum Gasteiger partial charge on any atom is -0.439 e. The van der Waals surface area contributed by atoms with Crippen molar-refractivity contribution in [2.45, 2.75) is 46.1 Å². The predicted octanol–water partition coefficient (Wildman–Crippen LogP) is 5.95. The third-order valence-corrected chi connectivity index (χ3v) is 7.49. The van der Waals surface area contributed by atoms with Crippen LogP contribution in [0.2, 0.25) is 0 Å². The lowest BCUT2D eigenvalue weighted by Gasteiger charge is -2.26. The van der Waals surface area contributed by atoms with Crippen LogP contribution in [-0.4, -0.2) is 52.5 Å². The summed E-state index contributed by atoms with van der Waals surface area (Å²) in [6.07, 6.45) is 2.59. The maximum atomic E-state index is 14.2. The molecule has 0 unspecified atom stereocenters. The van der Waals surface area contributed by atoms with Gasteiger partial charge in [0.2, 0.25) is 11.8 Å². The van der Waals surface area contributed by atoms with E-state index in [0.29, 0.717) is 55.3 Å². The van der Waals surface area contributed by atoms with Crippen molar-refractivity contribution >= 4 is 17.8 Å². The van der Waals surface area contributed by atoms with Crippen molar-refractivity contribution in [1.82, 2.24) is 25.5 Å². The number of hydrogen-bond donors (Lipinski definition) is 3. The Morgan fingerprint density at radius 2 is 1.95 bits per heavy atom. The Morgan fingerprint density at radius 3 is 2.74 bits per heavy atom. The molecule has 0 atom stereocenters. The second-order valence-electron chi connectivity index (χ2n) is 10.9. The number of aromatic amines is 1. The highest BCUT2D eigenvalue weighted by atomic mass is 19.1. The van der Waals surface area contributed by atoms with E-state index in [1.165, 1.54) is 29.3 Å². The number of benzene rings is 2. The molecule has 0 bridgehead atoms. The zero-order valence-electron chi connectivity index (χ0n) is 24.3. The lowest BCUT2D eigenvalue weighted by Crippen LogP contribution is -2.37. The number of carbonyl (C=O) groups is 1. The van der Waals surface area contributed by atoms with Crippen molar-refractivity contribution in [2.75, 3.05) is 36.5 Å². The van der Waals surface area contributed by atoms with Crippen LogP contribution in [0.15, 0.2) is 54.7 Å². The van der Waals surface area contributed by atoms with Crippen LogP contribution in [0.5, 0.6) is 11.6 Å². The maximum Gasteiger partial charge on any atom is 0.320 e. The summed E-state index contributed by atoms with van der Waals surface area (Å²) < 4.78 is 25.5. The van der Waals surface area contributed by atoms with Crippen molar-refractivity contribution in [3.63, 3.8) is 0 Å². The van der Waals surface area contributed by atoms with Gasteiger partial charge < -0.3 is 19.7 Å². The van der Waals surface area contributed by atoms with Crippen LogP contribution in [0.25, 0.3) is 11.3 Å². The number of amides is 2. The predicted molar refractivity (Wildman–Crippen MR) is 159 cm³/mol. The number of urea groups is 1. The Balaban J connectivity index is 1.25. The maximum absolute atomic E-state index is 14.2. The van der Waals surface area contributed by atoms with E-state index in [1.807, 2.05) is 4.90 Å². The molecule has 1 aliphatic rings. The molecule has 42 heavy (non-hydrogen) atoms. The van der Waals surface area contributed by atoms with E-state index in [4.69, 9.17) is 9.47 Å². The third-order valence-electron chi connectivity index (χ3n) is 7.49. The summed E-state index contributed by atoms with van der Waals surface area (Å²) in [5, 5.41) is 12.8. The number of H-pyrrole nitrogens is 1. The van der Waals surface area contributed by atoms with Gasteiger partial charge in [-0.05, 0) is 42.5 Å². The second-order valence-corrected chi connectivity index (χ2v) is 10.9. The van der Waals surface area contributed by atoms with Crippen LogP contribution in [0.3, 0.4) is 0 Å². The molecule has 2 aromatic heterocycles. The van der Waals surface area contributed by atoms with Crippen LogP contribution in [-0.2, 0) is 16.7 Å². The molecule has 4 aromatic rings. The Bertz CT molecular complexity index is 1550. The molecular weight excluding hydrogens is 537 g/mol. The van der Waals surface area contributed by atoms with Gasteiger partial charge in [0.1, 0.15) is 11.6 Å². The van der Waals surface area contributed by atoms with E-state index in [0.717, 1.165) is 17.7 Å². The highest BCUT2D eigenvalue weighted by molar-refractivity contribution is 5.89. The molecule has 11 heteroatoms. The first-order valence-electron chi connectivity index (χ1n) is 14.1. The monoisotopic (exact) mass is 573 g/mol. The summed E-state index contributed by atoms with van der Waals surface area (Å²) in [5.74, 6) is 1.14. The number of morpholine rings is 1. The number of rotatable bonds is 9. The van der Waals surface area contributed by atoms with Gasteiger partial charge in [-0.2, -0.15) is 10.1 Å². The second kappa shape index (κ2) is 12.6. The zero-order chi connectivity index (χ0) is 29.7. The minimum absolute atomic E-state index is 0.0183. The van der Waals surface area contributed by atoms with E-state index in [-0.39, 0.29) is 12.0 Å². The van der Waals surface area contributed by atoms with E-state index < -0.39 is 11.8 Å². The quantitative estimate of drug-likeness (QED) is 0.226. The first-order chi connectivity index (χ1) is 20.2. The molecule has 0 saturated carbocycles. The molecule has 0 spiro atoms. The number of halogens is 1. The number of hydrogen-bond acceptors (Lipinski definition) is 7. The molecule has 0 radical (unpaired) electrons. The van der Waals surface area contributed by atoms with Gasteiger partial charge in [-0.3, -0.25) is 10.4 Å². The van der Waals surface area contributed by atoms with E-state index in [1.54, 1.807) is 18.3 Å². The molecule has 10 nitrogen and oxygen atoms in total. The summed E-state index contributed by atoms with van der Waals surface area (Å²) in [7, 11) is 0. The number of nitrogens with one attached hydrogen (secondary N) is 3. The third kappa shape index (κ3) is 6.85. The molecule has 5 rings (SSSR count). The smallest absolute Gasteiger partial charge is 0.320 e. The Hall–Kier alpha value is -4.51. The van der Waals surface area contributed by atoms with Gasteiger partial charge in [-0.25, -0.2) is 14.2 Å². The van der Waals surface area contributed by atoms with E-state index >= 15 is 0 Å². The summed E-state index contributed by atoms with van der Waals surface area (Å²) in [5.41, 5.74) is 4.67. The molecule has 3 N–H and O–H groups in total. The Labute approximate surface area is 244 Å². The molecule has 0 aliphatic carbocycles. The van der Waals surface area contributed by atoms with Crippen LogP contribution < -0.4 is 20.3 Å². The van der Waals surface area contributed by atoms with Crippen molar-refractivity contribution in [3.05, 3.63) is 77.2 Å². The van der Waals surface area contributed by atoms with Crippen LogP contribution >= 0.6 is 0 Å². The molecular formula is C31H36FN7O3. The minimum atomic E-state index is -0.488. The van der Waals surface area contributed by atoms with Gasteiger partial charge in [-0.1, -0.05) is 44.5 Å². The van der Waals surface area contributed by atoms with Crippen molar-refractivity contribution in [3.8, 4) is 22.9 Å². The Kier molecular flexibility index (Phi) is 8.67. The fourth-order valence-electron chi connectivity index (χ4n) is 4.71. The fraction of sp³-hybridized carbons (Fsp3) is 0.355. The number of anilines is 2. The molecule has 1 aliphatic heterocycles. The van der Waals surface area contributed by atoms with E-state index in [9.17, 15) is 9.18 Å². The number of nitrogens with zero attached hydrogens (tertiary/aromatic N) is 4. The molecule has 1 saturated heterocycles. The van der Waals surface area contributed by atoms with Gasteiger partial charge in [0.25, 0.3) is 0 Å². The van der Waals surface area contributed by atoms with Crippen molar-refractivity contribution < 1.29 is 18.7 Å². The first kappa shape index (κ1) is 29.0. The summed E-state index contributed by atoms with van der Waals surface area (Å²) in [4.78, 5) is 23.6. The fourth-order valence-corrected chi connectivity index (χ4v) is 4.71. The number of aryl methyl sites for hydroxylation is 1. The molecule has 220 valence electrons. The molecule has 2 aromatic carbocycles. The zero-order valence-corrected chi connectivity index (χ0v) is 24.3. The normalized spacial score (nSPS) is 13.6. The molecule has 1 fully saturated rings. The van der Waals surface area contributed by atoms with Gasteiger partial charge >= 0.3 is 6.03 Å². The highest BCUT2D eigenvalue weighted by Crippen LogP contribution is 2.36. The average molecular weight is 574 g/mol. The van der Waals surface area contributed by atoms with Gasteiger partial charge in [0.15, 0.2) is 5.82 Å².